The van der Waals surface area contributed by atoms with Crippen LogP contribution >= 0.6 is 15.9 Å². The molecule has 0 radical (unpaired) electrons. The summed E-state index contributed by atoms with van der Waals surface area (Å²) in [4.78, 5) is 0. The Labute approximate surface area is 68.4 Å². The van der Waals surface area contributed by atoms with Gasteiger partial charge in [-0.05, 0) is 34.7 Å². The SMILES string of the molecule is Cn1ncc(C2CC2)c1Br. The number of aryl methyl sites for hydroxylation is 1. The van der Waals surface area contributed by atoms with Crippen molar-refractivity contribution in [2.45, 2.75) is 18.8 Å². The fourth-order valence-corrected chi connectivity index (χ4v) is 1.63. The van der Waals surface area contributed by atoms with Gasteiger partial charge in [-0.2, -0.15) is 5.10 Å². The lowest BCUT2D eigenvalue weighted by atomic mass is 10.2. The second-order valence-corrected chi connectivity index (χ2v) is 3.54. The summed E-state index contributed by atoms with van der Waals surface area (Å²) in [5.74, 6) is 0.795. The molecule has 0 saturated heterocycles. The van der Waals surface area contributed by atoms with Gasteiger partial charge in [-0.3, -0.25) is 4.68 Å². The fraction of sp³-hybridized carbons (Fsp3) is 0.571. The Balaban J connectivity index is 2.40. The molecule has 2 nitrogen and oxygen atoms in total. The topological polar surface area (TPSA) is 17.8 Å². The number of hydrogen-bond donors (Lipinski definition) is 0. The molecule has 0 bridgehead atoms. The molecule has 1 aromatic rings. The smallest absolute Gasteiger partial charge is 0.107 e. The van der Waals surface area contributed by atoms with Crippen LogP contribution in [0.1, 0.15) is 24.3 Å². The average Bonchev–Trinajstić information content (AvgIpc) is 2.67. The Morgan fingerprint density at radius 1 is 1.70 bits per heavy atom. The maximum absolute atomic E-state index is 4.15. The molecule has 0 unspecified atom stereocenters. The van der Waals surface area contributed by atoms with Crippen LogP contribution in [0.15, 0.2) is 10.8 Å². The Bertz CT molecular complexity index is 250. The zero-order valence-corrected chi connectivity index (χ0v) is 7.43. The normalized spacial score (nSPS) is 17.8. The van der Waals surface area contributed by atoms with Crippen LogP contribution in [0.4, 0.5) is 0 Å². The monoisotopic (exact) mass is 200 g/mol. The van der Waals surface area contributed by atoms with Crippen molar-refractivity contribution in [3.8, 4) is 0 Å². The van der Waals surface area contributed by atoms with Crippen molar-refractivity contribution in [2.75, 3.05) is 0 Å². The van der Waals surface area contributed by atoms with Crippen molar-refractivity contribution in [2.24, 2.45) is 7.05 Å². The van der Waals surface area contributed by atoms with Gasteiger partial charge in [-0.1, -0.05) is 0 Å². The lowest BCUT2D eigenvalue weighted by Crippen LogP contribution is -1.89. The number of hydrogen-bond acceptors (Lipinski definition) is 1. The molecule has 3 heteroatoms. The zero-order valence-electron chi connectivity index (χ0n) is 5.84. The van der Waals surface area contributed by atoms with Crippen LogP contribution in [0.25, 0.3) is 0 Å². The van der Waals surface area contributed by atoms with E-state index in [1.165, 1.54) is 18.4 Å². The van der Waals surface area contributed by atoms with Gasteiger partial charge >= 0.3 is 0 Å². The molecular formula is C7H9BrN2. The van der Waals surface area contributed by atoms with Crippen molar-refractivity contribution < 1.29 is 0 Å². The van der Waals surface area contributed by atoms with Gasteiger partial charge in [0.15, 0.2) is 0 Å². The third-order valence-electron chi connectivity index (χ3n) is 1.91. The second-order valence-electron chi connectivity index (χ2n) is 2.79. The largest absolute Gasteiger partial charge is 0.261 e. The quantitative estimate of drug-likeness (QED) is 0.679. The lowest BCUT2D eigenvalue weighted by molar-refractivity contribution is 0.748. The van der Waals surface area contributed by atoms with E-state index in [9.17, 15) is 0 Å². The molecule has 1 aromatic heterocycles. The standard InChI is InChI=1S/C7H9BrN2/c1-10-7(8)6(4-9-10)5-2-3-5/h4-5H,2-3H2,1H3. The zero-order chi connectivity index (χ0) is 7.14. The molecule has 1 heterocycles. The first-order chi connectivity index (χ1) is 4.79. The minimum atomic E-state index is 0.795. The van der Waals surface area contributed by atoms with E-state index in [2.05, 4.69) is 21.0 Å². The van der Waals surface area contributed by atoms with E-state index in [0.29, 0.717) is 0 Å². The highest BCUT2D eigenvalue weighted by molar-refractivity contribution is 9.10. The summed E-state index contributed by atoms with van der Waals surface area (Å²) < 4.78 is 3.02. The first kappa shape index (κ1) is 6.40. The minimum absolute atomic E-state index is 0.795. The van der Waals surface area contributed by atoms with E-state index < -0.39 is 0 Å². The average molecular weight is 201 g/mol. The molecule has 0 amide bonds. The number of nitrogens with zero attached hydrogens (tertiary/aromatic N) is 2. The van der Waals surface area contributed by atoms with E-state index in [1.807, 2.05) is 17.9 Å². The third-order valence-corrected chi connectivity index (χ3v) is 2.88. The maximum atomic E-state index is 4.15. The van der Waals surface area contributed by atoms with Gasteiger partial charge in [0, 0.05) is 12.6 Å². The van der Waals surface area contributed by atoms with Crippen LogP contribution in [0.5, 0.6) is 0 Å². The highest BCUT2D eigenvalue weighted by Gasteiger charge is 2.27. The summed E-state index contributed by atoms with van der Waals surface area (Å²) in [5.41, 5.74) is 1.38. The Morgan fingerprint density at radius 3 is 2.80 bits per heavy atom. The van der Waals surface area contributed by atoms with Crippen molar-refractivity contribution in [1.29, 1.82) is 0 Å². The third kappa shape index (κ3) is 0.888. The van der Waals surface area contributed by atoms with Crippen molar-refractivity contribution in [3.05, 3.63) is 16.4 Å². The van der Waals surface area contributed by atoms with Gasteiger partial charge in [-0.25, -0.2) is 0 Å². The Hall–Kier alpha value is -0.310. The van der Waals surface area contributed by atoms with Crippen molar-refractivity contribution >= 4 is 15.9 Å². The van der Waals surface area contributed by atoms with E-state index in [4.69, 9.17) is 0 Å². The van der Waals surface area contributed by atoms with Gasteiger partial charge < -0.3 is 0 Å². The van der Waals surface area contributed by atoms with Crippen LogP contribution in [0.3, 0.4) is 0 Å². The van der Waals surface area contributed by atoms with Crippen molar-refractivity contribution in [1.82, 2.24) is 9.78 Å². The van der Waals surface area contributed by atoms with Gasteiger partial charge in [0.2, 0.25) is 0 Å². The van der Waals surface area contributed by atoms with E-state index in [0.717, 1.165) is 10.5 Å². The second kappa shape index (κ2) is 2.09. The molecule has 0 aromatic carbocycles. The van der Waals surface area contributed by atoms with Gasteiger partial charge in [0.25, 0.3) is 0 Å². The molecule has 2 rings (SSSR count). The molecule has 0 aliphatic heterocycles. The highest BCUT2D eigenvalue weighted by atomic mass is 79.9. The molecular weight excluding hydrogens is 192 g/mol. The molecule has 54 valence electrons. The minimum Gasteiger partial charge on any atom is -0.261 e. The first-order valence-electron chi connectivity index (χ1n) is 3.46. The van der Waals surface area contributed by atoms with Gasteiger partial charge in [0.05, 0.1) is 6.20 Å². The predicted molar refractivity (Wildman–Crippen MR) is 42.9 cm³/mol. The summed E-state index contributed by atoms with van der Waals surface area (Å²) >= 11 is 3.49. The van der Waals surface area contributed by atoms with Gasteiger partial charge in [0.1, 0.15) is 4.60 Å². The van der Waals surface area contributed by atoms with E-state index in [-0.39, 0.29) is 0 Å². The van der Waals surface area contributed by atoms with Crippen LogP contribution in [0, 0.1) is 0 Å². The Morgan fingerprint density at radius 2 is 2.40 bits per heavy atom. The molecule has 0 N–H and O–H groups in total. The summed E-state index contributed by atoms with van der Waals surface area (Å²) in [5, 5.41) is 4.15. The molecule has 1 fully saturated rings. The number of aromatic nitrogens is 2. The van der Waals surface area contributed by atoms with E-state index >= 15 is 0 Å². The molecule has 1 saturated carbocycles. The molecule has 0 atom stereocenters. The lowest BCUT2D eigenvalue weighted by Gasteiger charge is -1.93. The van der Waals surface area contributed by atoms with Crippen molar-refractivity contribution in [3.63, 3.8) is 0 Å². The summed E-state index contributed by atoms with van der Waals surface area (Å²) in [6.45, 7) is 0. The van der Waals surface area contributed by atoms with Gasteiger partial charge in [-0.15, -0.1) is 0 Å². The predicted octanol–water partition coefficient (Wildman–Crippen LogP) is 2.06. The van der Waals surface area contributed by atoms with Crippen LogP contribution in [-0.4, -0.2) is 9.78 Å². The van der Waals surface area contributed by atoms with E-state index in [1.54, 1.807) is 0 Å². The molecule has 0 spiro atoms. The first-order valence-corrected chi connectivity index (χ1v) is 4.25. The molecule has 1 aliphatic carbocycles. The maximum Gasteiger partial charge on any atom is 0.107 e. The van der Waals surface area contributed by atoms with Crippen LogP contribution < -0.4 is 0 Å². The highest BCUT2D eigenvalue weighted by Crippen LogP contribution is 2.42. The summed E-state index contributed by atoms with van der Waals surface area (Å²) in [6.07, 6.45) is 4.64. The summed E-state index contributed by atoms with van der Waals surface area (Å²) in [7, 11) is 1.95. The van der Waals surface area contributed by atoms with Crippen LogP contribution in [-0.2, 0) is 7.05 Å². The number of rotatable bonds is 1. The Kier molecular flexibility index (Phi) is 1.34. The molecule has 10 heavy (non-hydrogen) atoms. The summed E-state index contributed by atoms with van der Waals surface area (Å²) in [6, 6.07) is 0. The molecule has 1 aliphatic rings. The number of halogens is 1. The fourth-order valence-electron chi connectivity index (χ4n) is 1.11. The van der Waals surface area contributed by atoms with Crippen LogP contribution in [0.2, 0.25) is 0 Å².